The van der Waals surface area contributed by atoms with Crippen molar-refractivity contribution in [2.75, 3.05) is 0 Å². The van der Waals surface area contributed by atoms with E-state index in [0.717, 1.165) is 6.42 Å². The third kappa shape index (κ3) is 4.86. The Balaban J connectivity index is 0.000000200. The molecule has 0 amide bonds. The van der Waals surface area contributed by atoms with E-state index in [1.54, 1.807) is 24.3 Å². The molecule has 0 saturated carbocycles. The average molecular weight is 272 g/mol. The predicted molar refractivity (Wildman–Crippen MR) is 77.1 cm³/mol. The van der Waals surface area contributed by atoms with Gasteiger partial charge in [0.2, 0.25) is 0 Å². The molecule has 0 saturated heterocycles. The van der Waals surface area contributed by atoms with Gasteiger partial charge in [-0.25, -0.2) is 4.79 Å². The minimum Gasteiger partial charge on any atom is -0.508 e. The number of aromatic carboxylic acids is 1. The second-order valence-corrected chi connectivity index (χ2v) is 3.98. The zero-order valence-corrected chi connectivity index (χ0v) is 10.9. The van der Waals surface area contributed by atoms with Gasteiger partial charge in [0.15, 0.2) is 0 Å². The summed E-state index contributed by atoms with van der Waals surface area (Å²) < 4.78 is 0. The summed E-state index contributed by atoms with van der Waals surface area (Å²) in [6, 6.07) is 12.9. The molecule has 0 atom stereocenters. The molecule has 0 spiro atoms. The van der Waals surface area contributed by atoms with Gasteiger partial charge in [-0.15, -0.1) is 6.58 Å². The van der Waals surface area contributed by atoms with Crippen LogP contribution in [0.4, 0.5) is 0 Å². The smallest absolute Gasteiger partial charge is 0.339 e. The average Bonchev–Trinajstić information content (AvgIpc) is 2.43. The van der Waals surface area contributed by atoms with E-state index in [1.165, 1.54) is 17.7 Å². The second kappa shape index (κ2) is 7.63. The number of carboxylic acid groups (broad SMARTS) is 1. The number of rotatable bonds is 3. The Bertz CT molecular complexity index is 573. The predicted octanol–water partition coefficient (Wildman–Crippen LogP) is 3.21. The maximum absolute atomic E-state index is 10.3. The number of hydrogen-bond donors (Lipinski definition) is 3. The SMILES string of the molecule is C=CCc1ccc(O)cc1.O=C(O)c1ccccc1O. The summed E-state index contributed by atoms with van der Waals surface area (Å²) in [5, 5.41) is 26.2. The van der Waals surface area contributed by atoms with Crippen molar-refractivity contribution >= 4 is 5.97 Å². The van der Waals surface area contributed by atoms with Gasteiger partial charge in [-0.1, -0.05) is 30.3 Å². The van der Waals surface area contributed by atoms with E-state index in [0.29, 0.717) is 5.75 Å². The highest BCUT2D eigenvalue weighted by atomic mass is 16.4. The molecule has 0 radical (unpaired) electrons. The molecule has 0 aliphatic heterocycles. The summed E-state index contributed by atoms with van der Waals surface area (Å²) in [6.07, 6.45) is 2.70. The van der Waals surface area contributed by atoms with E-state index in [2.05, 4.69) is 6.58 Å². The first-order valence-electron chi connectivity index (χ1n) is 5.94. The molecule has 4 heteroatoms. The van der Waals surface area contributed by atoms with Crippen LogP contribution in [0.1, 0.15) is 15.9 Å². The summed E-state index contributed by atoms with van der Waals surface area (Å²) >= 11 is 0. The Morgan fingerprint density at radius 3 is 2.10 bits per heavy atom. The normalized spacial score (nSPS) is 9.20. The summed E-state index contributed by atoms with van der Waals surface area (Å²) in [6.45, 7) is 3.62. The fourth-order valence-corrected chi connectivity index (χ4v) is 1.45. The van der Waals surface area contributed by atoms with Crippen LogP contribution in [0.25, 0.3) is 0 Å². The van der Waals surface area contributed by atoms with Crippen LogP contribution in [0.3, 0.4) is 0 Å². The standard InChI is InChI=1S/C9H10O.C7H6O3/c1-2-3-8-4-6-9(10)7-5-8;8-6-4-2-1-3-5(6)7(9)10/h2,4-7,10H,1,3H2;1-4,8H,(H,9,10). The number of phenolic OH excluding ortho intramolecular Hbond substituents is 1. The quantitative estimate of drug-likeness (QED) is 0.750. The molecule has 2 aromatic carbocycles. The molecular formula is C16H16O4. The fraction of sp³-hybridized carbons (Fsp3) is 0.0625. The number of hydrogen-bond acceptors (Lipinski definition) is 3. The molecule has 0 unspecified atom stereocenters. The second-order valence-electron chi connectivity index (χ2n) is 3.98. The summed E-state index contributed by atoms with van der Waals surface area (Å²) in [5.41, 5.74) is 1.11. The topological polar surface area (TPSA) is 77.8 Å². The highest BCUT2D eigenvalue weighted by Crippen LogP contribution is 2.14. The molecule has 0 aliphatic rings. The van der Waals surface area contributed by atoms with Gasteiger partial charge in [-0.2, -0.15) is 0 Å². The van der Waals surface area contributed by atoms with Gasteiger partial charge in [0, 0.05) is 0 Å². The largest absolute Gasteiger partial charge is 0.508 e. The third-order valence-electron chi connectivity index (χ3n) is 2.45. The van der Waals surface area contributed by atoms with E-state index < -0.39 is 5.97 Å². The molecule has 3 N–H and O–H groups in total. The number of para-hydroxylation sites is 1. The van der Waals surface area contributed by atoms with Crippen LogP contribution in [0.2, 0.25) is 0 Å². The van der Waals surface area contributed by atoms with E-state index in [1.807, 2.05) is 18.2 Å². The van der Waals surface area contributed by atoms with E-state index in [-0.39, 0.29) is 11.3 Å². The zero-order valence-electron chi connectivity index (χ0n) is 10.9. The van der Waals surface area contributed by atoms with Gasteiger partial charge < -0.3 is 15.3 Å². The molecule has 104 valence electrons. The van der Waals surface area contributed by atoms with Crippen molar-refractivity contribution in [3.8, 4) is 11.5 Å². The lowest BCUT2D eigenvalue weighted by molar-refractivity contribution is 0.0693. The molecule has 0 aromatic heterocycles. The third-order valence-corrected chi connectivity index (χ3v) is 2.45. The summed E-state index contributed by atoms with van der Waals surface area (Å²) in [7, 11) is 0. The van der Waals surface area contributed by atoms with Crippen molar-refractivity contribution in [2.24, 2.45) is 0 Å². The minimum absolute atomic E-state index is 0.0671. The maximum atomic E-state index is 10.3. The van der Waals surface area contributed by atoms with Crippen LogP contribution in [-0.4, -0.2) is 21.3 Å². The fourth-order valence-electron chi connectivity index (χ4n) is 1.45. The Morgan fingerprint density at radius 1 is 1.05 bits per heavy atom. The lowest BCUT2D eigenvalue weighted by atomic mass is 10.1. The van der Waals surface area contributed by atoms with E-state index in [9.17, 15) is 4.79 Å². The van der Waals surface area contributed by atoms with E-state index in [4.69, 9.17) is 15.3 Å². The van der Waals surface area contributed by atoms with E-state index >= 15 is 0 Å². The first-order valence-corrected chi connectivity index (χ1v) is 5.94. The molecule has 4 nitrogen and oxygen atoms in total. The van der Waals surface area contributed by atoms with Gasteiger partial charge >= 0.3 is 5.97 Å². The number of benzene rings is 2. The molecule has 0 heterocycles. The molecule has 2 rings (SSSR count). The number of carboxylic acids is 1. The lowest BCUT2D eigenvalue weighted by Gasteiger charge is -1.95. The van der Waals surface area contributed by atoms with Crippen molar-refractivity contribution in [3.63, 3.8) is 0 Å². The van der Waals surface area contributed by atoms with Crippen LogP contribution in [0.5, 0.6) is 11.5 Å². The zero-order chi connectivity index (χ0) is 15.0. The number of phenols is 2. The molecule has 0 fully saturated rings. The highest BCUT2D eigenvalue weighted by molar-refractivity contribution is 5.90. The Labute approximate surface area is 117 Å². The van der Waals surface area contributed by atoms with Gasteiger partial charge in [0.1, 0.15) is 17.1 Å². The molecule has 0 aliphatic carbocycles. The van der Waals surface area contributed by atoms with Crippen molar-refractivity contribution in [2.45, 2.75) is 6.42 Å². The van der Waals surface area contributed by atoms with Crippen LogP contribution >= 0.6 is 0 Å². The van der Waals surface area contributed by atoms with Crippen LogP contribution in [0.15, 0.2) is 61.2 Å². The summed E-state index contributed by atoms with van der Waals surface area (Å²) in [4.78, 5) is 10.3. The van der Waals surface area contributed by atoms with Gasteiger partial charge in [0.05, 0.1) is 0 Å². The van der Waals surface area contributed by atoms with Gasteiger partial charge in [-0.05, 0) is 36.2 Å². The first kappa shape index (κ1) is 15.3. The van der Waals surface area contributed by atoms with Gasteiger partial charge in [0.25, 0.3) is 0 Å². The molecule has 2 aromatic rings. The number of carbonyl (C=O) groups is 1. The Hall–Kier alpha value is -2.75. The van der Waals surface area contributed by atoms with Crippen molar-refractivity contribution < 1.29 is 20.1 Å². The lowest BCUT2D eigenvalue weighted by Crippen LogP contribution is -1.95. The molecule has 0 bridgehead atoms. The monoisotopic (exact) mass is 272 g/mol. The van der Waals surface area contributed by atoms with Crippen LogP contribution in [-0.2, 0) is 6.42 Å². The number of allylic oxidation sites excluding steroid dienone is 1. The Morgan fingerprint density at radius 2 is 1.65 bits per heavy atom. The van der Waals surface area contributed by atoms with Crippen molar-refractivity contribution in [3.05, 3.63) is 72.3 Å². The van der Waals surface area contributed by atoms with Crippen LogP contribution < -0.4 is 0 Å². The van der Waals surface area contributed by atoms with Crippen molar-refractivity contribution in [1.82, 2.24) is 0 Å². The van der Waals surface area contributed by atoms with Crippen molar-refractivity contribution in [1.29, 1.82) is 0 Å². The maximum Gasteiger partial charge on any atom is 0.339 e. The highest BCUT2D eigenvalue weighted by Gasteiger charge is 2.05. The van der Waals surface area contributed by atoms with Crippen LogP contribution in [0, 0.1) is 0 Å². The van der Waals surface area contributed by atoms with Gasteiger partial charge in [-0.3, -0.25) is 0 Å². The number of aromatic hydroxyl groups is 2. The first-order chi connectivity index (χ1) is 9.54. The minimum atomic E-state index is -1.11. The Kier molecular flexibility index (Phi) is 5.84. The molecular weight excluding hydrogens is 256 g/mol. The summed E-state index contributed by atoms with van der Waals surface area (Å²) in [5.74, 6) is -0.999. The molecule has 20 heavy (non-hydrogen) atoms.